The van der Waals surface area contributed by atoms with Crippen LogP contribution in [0.15, 0.2) is 34.8 Å². The van der Waals surface area contributed by atoms with Gasteiger partial charge in [0.25, 0.3) is 0 Å². The summed E-state index contributed by atoms with van der Waals surface area (Å²) in [6.45, 7) is 0.782. The second-order valence-electron chi connectivity index (χ2n) is 5.66. The Hall–Kier alpha value is -1.22. The van der Waals surface area contributed by atoms with Crippen LogP contribution in [0.3, 0.4) is 0 Å². The van der Waals surface area contributed by atoms with E-state index in [9.17, 15) is 5.11 Å². The lowest BCUT2D eigenvalue weighted by molar-refractivity contribution is -0.116. The van der Waals surface area contributed by atoms with Gasteiger partial charge in [-0.1, -0.05) is 11.6 Å². The number of rotatable bonds is 0. The summed E-state index contributed by atoms with van der Waals surface area (Å²) in [6, 6.07) is 0. The van der Waals surface area contributed by atoms with Crippen LogP contribution in [0.1, 0.15) is 32.1 Å². The highest BCUT2D eigenvalue weighted by molar-refractivity contribution is 5.46. The van der Waals surface area contributed by atoms with Gasteiger partial charge in [-0.3, -0.25) is 0 Å². The van der Waals surface area contributed by atoms with Gasteiger partial charge in [-0.15, -0.1) is 0 Å². The monoisotopic (exact) mass is 246 g/mol. The van der Waals surface area contributed by atoms with E-state index in [1.54, 1.807) is 6.08 Å². The molecule has 2 fully saturated rings. The average molecular weight is 246 g/mol. The highest BCUT2D eigenvalue weighted by atomic mass is 16.7. The Morgan fingerprint density at radius 1 is 1.28 bits per heavy atom. The number of aliphatic hydroxyl groups is 1. The van der Waals surface area contributed by atoms with Crippen LogP contribution < -0.4 is 0 Å². The molecule has 2 aliphatic carbocycles. The first-order valence-electron chi connectivity index (χ1n) is 6.95. The van der Waals surface area contributed by atoms with E-state index >= 15 is 0 Å². The molecule has 0 aromatic carbocycles. The molecule has 2 heterocycles. The van der Waals surface area contributed by atoms with E-state index in [-0.39, 0.29) is 12.0 Å². The summed E-state index contributed by atoms with van der Waals surface area (Å²) < 4.78 is 11.8. The van der Waals surface area contributed by atoms with Crippen LogP contribution in [0, 0.1) is 11.8 Å². The van der Waals surface area contributed by atoms with Gasteiger partial charge in [0.2, 0.25) is 6.29 Å². The Labute approximate surface area is 107 Å². The number of hydrogen-bond acceptors (Lipinski definition) is 3. The van der Waals surface area contributed by atoms with Gasteiger partial charge >= 0.3 is 0 Å². The summed E-state index contributed by atoms with van der Waals surface area (Å²) in [7, 11) is 0. The van der Waals surface area contributed by atoms with Gasteiger partial charge < -0.3 is 14.6 Å². The Bertz CT molecular complexity index is 472. The number of allylic oxidation sites excluding steroid dienone is 4. The second-order valence-corrected chi connectivity index (χ2v) is 5.66. The summed E-state index contributed by atoms with van der Waals surface area (Å²) in [5, 5.41) is 10.1. The van der Waals surface area contributed by atoms with Crippen molar-refractivity contribution in [3.8, 4) is 0 Å². The molecule has 3 nitrogen and oxygen atoms in total. The molecule has 18 heavy (non-hydrogen) atoms. The highest BCUT2D eigenvalue weighted by Gasteiger charge is 2.48. The van der Waals surface area contributed by atoms with E-state index in [0.29, 0.717) is 17.6 Å². The van der Waals surface area contributed by atoms with Crippen molar-refractivity contribution in [2.75, 3.05) is 6.61 Å². The molecule has 2 unspecified atom stereocenters. The smallest absolute Gasteiger partial charge is 0.207 e. The maximum Gasteiger partial charge on any atom is 0.207 e. The summed E-state index contributed by atoms with van der Waals surface area (Å²) in [5.74, 6) is 1.99. The quantitative estimate of drug-likeness (QED) is 0.713. The summed E-state index contributed by atoms with van der Waals surface area (Å²) >= 11 is 0. The first-order valence-corrected chi connectivity index (χ1v) is 6.95. The molecule has 3 heteroatoms. The van der Waals surface area contributed by atoms with Gasteiger partial charge in [0.05, 0.1) is 12.5 Å². The third kappa shape index (κ3) is 1.40. The molecule has 4 rings (SSSR count). The zero-order valence-corrected chi connectivity index (χ0v) is 10.4. The van der Waals surface area contributed by atoms with Crippen LogP contribution in [0.25, 0.3) is 0 Å². The summed E-state index contributed by atoms with van der Waals surface area (Å²) in [6.07, 6.45) is 9.35. The van der Waals surface area contributed by atoms with Crippen molar-refractivity contribution in [1.82, 2.24) is 0 Å². The Morgan fingerprint density at radius 2 is 2.22 bits per heavy atom. The zero-order valence-electron chi connectivity index (χ0n) is 10.4. The molecular weight excluding hydrogens is 228 g/mol. The standard InChI is InChI=1S/C15H18O3/c16-11-5-1-3-9-6-7-10-4-2-8-17-15-13(10)12(9)14(11)18-15/h1,5,10,13,15-16H,2-4,6-8H2/t10?,13?,15-/m0/s1. The molecule has 0 radical (unpaired) electrons. The minimum absolute atomic E-state index is 0.161. The Morgan fingerprint density at radius 3 is 3.17 bits per heavy atom. The van der Waals surface area contributed by atoms with Gasteiger partial charge in [0.15, 0.2) is 11.5 Å². The van der Waals surface area contributed by atoms with E-state index in [4.69, 9.17) is 9.47 Å². The molecule has 4 aliphatic rings. The van der Waals surface area contributed by atoms with Crippen LogP contribution in [0.2, 0.25) is 0 Å². The predicted octanol–water partition coefficient (Wildman–Crippen LogP) is 3.21. The molecule has 2 aliphatic heterocycles. The van der Waals surface area contributed by atoms with Crippen LogP contribution >= 0.6 is 0 Å². The van der Waals surface area contributed by atoms with Gasteiger partial charge in [-0.25, -0.2) is 0 Å². The van der Waals surface area contributed by atoms with E-state index in [2.05, 4.69) is 0 Å². The first kappa shape index (κ1) is 10.7. The lowest BCUT2D eigenvalue weighted by Crippen LogP contribution is -2.28. The molecule has 0 aromatic rings. The van der Waals surface area contributed by atoms with Crippen molar-refractivity contribution < 1.29 is 14.6 Å². The number of aliphatic hydroxyl groups excluding tert-OH is 1. The molecule has 0 spiro atoms. The highest BCUT2D eigenvalue weighted by Crippen LogP contribution is 2.52. The average Bonchev–Trinajstić information content (AvgIpc) is 2.53. The largest absolute Gasteiger partial charge is 0.504 e. The Kier molecular flexibility index (Phi) is 2.31. The lowest BCUT2D eigenvalue weighted by Gasteiger charge is -2.30. The SMILES string of the molecule is OC1=C2O[C@@H]3OCCCC4CCC(=C2C43)CC=C1. The van der Waals surface area contributed by atoms with Crippen molar-refractivity contribution in [3.63, 3.8) is 0 Å². The minimum atomic E-state index is -0.161. The third-order valence-corrected chi connectivity index (χ3v) is 4.68. The minimum Gasteiger partial charge on any atom is -0.504 e. The topological polar surface area (TPSA) is 38.7 Å². The van der Waals surface area contributed by atoms with E-state index < -0.39 is 0 Å². The zero-order chi connectivity index (χ0) is 12.1. The van der Waals surface area contributed by atoms with Gasteiger partial charge in [-0.05, 0) is 44.1 Å². The summed E-state index contributed by atoms with van der Waals surface area (Å²) in [5.41, 5.74) is 2.71. The number of ether oxygens (including phenoxy) is 2. The van der Waals surface area contributed by atoms with Gasteiger partial charge in [-0.2, -0.15) is 0 Å². The fourth-order valence-corrected chi connectivity index (χ4v) is 3.87. The van der Waals surface area contributed by atoms with Crippen LogP contribution in [-0.2, 0) is 9.47 Å². The molecule has 3 atom stereocenters. The normalized spacial score (nSPS) is 38.1. The van der Waals surface area contributed by atoms with Crippen molar-refractivity contribution >= 4 is 0 Å². The van der Waals surface area contributed by atoms with Gasteiger partial charge in [0, 0.05) is 5.57 Å². The molecule has 1 N–H and O–H groups in total. The molecule has 0 bridgehead atoms. The summed E-state index contributed by atoms with van der Waals surface area (Å²) in [4.78, 5) is 0. The fraction of sp³-hybridized carbons (Fsp3) is 0.600. The van der Waals surface area contributed by atoms with Crippen molar-refractivity contribution in [2.24, 2.45) is 11.8 Å². The molecule has 2 saturated heterocycles. The third-order valence-electron chi connectivity index (χ3n) is 4.68. The lowest BCUT2D eigenvalue weighted by atomic mass is 9.73. The van der Waals surface area contributed by atoms with Crippen molar-refractivity contribution in [1.29, 1.82) is 0 Å². The van der Waals surface area contributed by atoms with Crippen LogP contribution in [0.4, 0.5) is 0 Å². The van der Waals surface area contributed by atoms with Gasteiger partial charge in [0.1, 0.15) is 0 Å². The first-order chi connectivity index (χ1) is 8.84. The van der Waals surface area contributed by atoms with E-state index in [0.717, 1.165) is 25.9 Å². The predicted molar refractivity (Wildman–Crippen MR) is 66.7 cm³/mol. The second kappa shape index (κ2) is 3.89. The molecule has 0 saturated carbocycles. The Balaban J connectivity index is 1.87. The van der Waals surface area contributed by atoms with Crippen molar-refractivity contribution in [3.05, 3.63) is 34.8 Å². The maximum atomic E-state index is 10.1. The van der Waals surface area contributed by atoms with E-state index in [1.165, 1.54) is 24.0 Å². The fourth-order valence-electron chi connectivity index (χ4n) is 3.87. The van der Waals surface area contributed by atoms with Crippen molar-refractivity contribution in [2.45, 2.75) is 38.4 Å². The molecular formula is C15H18O3. The van der Waals surface area contributed by atoms with Crippen LogP contribution in [-0.4, -0.2) is 18.0 Å². The molecule has 0 amide bonds. The van der Waals surface area contributed by atoms with Crippen LogP contribution in [0.5, 0.6) is 0 Å². The number of hydrogen-bond donors (Lipinski definition) is 1. The maximum absolute atomic E-state index is 10.1. The van der Waals surface area contributed by atoms with E-state index in [1.807, 2.05) is 6.08 Å². The molecule has 0 aromatic heterocycles. The molecule has 96 valence electrons.